The number of urea groups is 1. The summed E-state index contributed by atoms with van der Waals surface area (Å²) in [7, 11) is 1.65. The molecule has 0 aromatic heterocycles. The van der Waals surface area contributed by atoms with E-state index in [2.05, 4.69) is 11.4 Å². The maximum absolute atomic E-state index is 12.6. The Hall–Kier alpha value is -1.73. The lowest BCUT2D eigenvalue weighted by Crippen LogP contribution is -2.54. The quantitative estimate of drug-likeness (QED) is 0.876. The SMILES string of the molecule is COCCN1C(=O)CSC12CCN(C(=O)Nc1ccc(C)cc1C)CC2. The van der Waals surface area contributed by atoms with Crippen molar-refractivity contribution in [2.24, 2.45) is 0 Å². The number of aryl methyl sites for hydroxylation is 2. The molecule has 0 bridgehead atoms. The zero-order valence-corrected chi connectivity index (χ0v) is 16.5. The molecule has 3 rings (SSSR count). The summed E-state index contributed by atoms with van der Waals surface area (Å²) in [4.78, 5) is 28.5. The minimum atomic E-state index is -0.174. The Morgan fingerprint density at radius 2 is 2.04 bits per heavy atom. The number of piperidine rings is 1. The van der Waals surface area contributed by atoms with Crippen LogP contribution in [0.1, 0.15) is 24.0 Å². The molecule has 0 unspecified atom stereocenters. The number of thioether (sulfide) groups is 1. The molecular formula is C19H27N3O3S. The molecule has 2 fully saturated rings. The first-order valence-electron chi connectivity index (χ1n) is 9.02. The molecule has 0 atom stereocenters. The summed E-state index contributed by atoms with van der Waals surface area (Å²) in [5.41, 5.74) is 3.10. The van der Waals surface area contributed by atoms with Crippen LogP contribution in [0.2, 0.25) is 0 Å². The van der Waals surface area contributed by atoms with Gasteiger partial charge in [0.05, 0.1) is 17.2 Å². The van der Waals surface area contributed by atoms with E-state index < -0.39 is 0 Å². The maximum atomic E-state index is 12.6. The molecule has 0 aliphatic carbocycles. The van der Waals surface area contributed by atoms with Crippen molar-refractivity contribution in [3.05, 3.63) is 29.3 Å². The maximum Gasteiger partial charge on any atom is 0.321 e. The number of benzene rings is 1. The number of anilines is 1. The van der Waals surface area contributed by atoms with E-state index in [4.69, 9.17) is 4.74 Å². The van der Waals surface area contributed by atoms with Gasteiger partial charge in [0.25, 0.3) is 0 Å². The Morgan fingerprint density at radius 3 is 2.69 bits per heavy atom. The average Bonchev–Trinajstić information content (AvgIpc) is 2.92. The van der Waals surface area contributed by atoms with E-state index in [-0.39, 0.29) is 16.8 Å². The average molecular weight is 378 g/mol. The van der Waals surface area contributed by atoms with Gasteiger partial charge in [0.15, 0.2) is 0 Å². The monoisotopic (exact) mass is 377 g/mol. The molecule has 6 nitrogen and oxygen atoms in total. The van der Waals surface area contributed by atoms with Crippen LogP contribution in [-0.2, 0) is 9.53 Å². The van der Waals surface area contributed by atoms with Crippen molar-refractivity contribution in [1.29, 1.82) is 0 Å². The summed E-state index contributed by atoms with van der Waals surface area (Å²) < 4.78 is 5.15. The minimum absolute atomic E-state index is 0.0652. The van der Waals surface area contributed by atoms with Crippen molar-refractivity contribution < 1.29 is 14.3 Å². The number of likely N-dealkylation sites (tertiary alicyclic amines) is 1. The Labute approximate surface area is 159 Å². The van der Waals surface area contributed by atoms with Gasteiger partial charge in [0.2, 0.25) is 5.91 Å². The highest BCUT2D eigenvalue weighted by Crippen LogP contribution is 2.44. The number of carbonyl (C=O) groups is 2. The van der Waals surface area contributed by atoms with E-state index in [0.29, 0.717) is 32.0 Å². The molecule has 1 spiro atoms. The molecular weight excluding hydrogens is 350 g/mol. The molecule has 0 saturated carbocycles. The number of hydrogen-bond acceptors (Lipinski definition) is 4. The number of rotatable bonds is 4. The third kappa shape index (κ3) is 3.83. The molecule has 1 N–H and O–H groups in total. The van der Waals surface area contributed by atoms with Crippen LogP contribution in [0, 0.1) is 13.8 Å². The number of methoxy groups -OCH3 is 1. The Kier molecular flexibility index (Phi) is 5.77. The van der Waals surface area contributed by atoms with E-state index >= 15 is 0 Å². The standard InChI is InChI=1S/C19H27N3O3S/c1-14-4-5-16(15(2)12-14)20-18(24)21-8-6-19(7-9-21)22(10-11-25-3)17(23)13-26-19/h4-5,12H,6-11,13H2,1-3H3,(H,20,24). The molecule has 1 aromatic carbocycles. The summed E-state index contributed by atoms with van der Waals surface area (Å²) in [6.07, 6.45) is 1.60. The first kappa shape index (κ1) is 19.0. The lowest BCUT2D eigenvalue weighted by Gasteiger charge is -2.43. The summed E-state index contributed by atoms with van der Waals surface area (Å²) in [5, 5.41) is 3.02. The number of amides is 3. The van der Waals surface area contributed by atoms with E-state index in [1.807, 2.05) is 35.8 Å². The summed E-state index contributed by atoms with van der Waals surface area (Å²) in [6, 6.07) is 5.95. The fourth-order valence-corrected chi connectivity index (χ4v) is 5.08. The van der Waals surface area contributed by atoms with E-state index in [1.165, 1.54) is 5.56 Å². The molecule has 2 aliphatic heterocycles. The molecule has 0 radical (unpaired) electrons. The number of nitrogens with one attached hydrogen (secondary N) is 1. The second kappa shape index (κ2) is 7.88. The van der Waals surface area contributed by atoms with Crippen molar-refractivity contribution in [3.63, 3.8) is 0 Å². The number of nitrogens with zero attached hydrogens (tertiary/aromatic N) is 2. The van der Waals surface area contributed by atoms with Gasteiger partial charge in [0, 0.05) is 32.4 Å². The predicted octanol–water partition coefficient (Wildman–Crippen LogP) is 2.85. The van der Waals surface area contributed by atoms with Crippen LogP contribution in [0.15, 0.2) is 18.2 Å². The second-order valence-electron chi connectivity index (χ2n) is 7.01. The van der Waals surface area contributed by atoms with E-state index in [0.717, 1.165) is 24.1 Å². The van der Waals surface area contributed by atoms with Crippen molar-refractivity contribution in [2.45, 2.75) is 31.6 Å². The van der Waals surface area contributed by atoms with Gasteiger partial charge < -0.3 is 19.9 Å². The van der Waals surface area contributed by atoms with Gasteiger partial charge in [-0.25, -0.2) is 4.79 Å². The largest absolute Gasteiger partial charge is 0.383 e. The zero-order valence-electron chi connectivity index (χ0n) is 15.7. The molecule has 3 amide bonds. The van der Waals surface area contributed by atoms with Gasteiger partial charge in [-0.3, -0.25) is 4.79 Å². The van der Waals surface area contributed by atoms with Gasteiger partial charge in [0.1, 0.15) is 0 Å². The number of ether oxygens (including phenoxy) is 1. The van der Waals surface area contributed by atoms with Gasteiger partial charge in [-0.15, -0.1) is 11.8 Å². The van der Waals surface area contributed by atoms with Gasteiger partial charge in [-0.2, -0.15) is 0 Å². The van der Waals surface area contributed by atoms with Crippen molar-refractivity contribution >= 4 is 29.4 Å². The molecule has 2 heterocycles. The Morgan fingerprint density at radius 1 is 1.31 bits per heavy atom. The first-order valence-corrected chi connectivity index (χ1v) is 10.0. The van der Waals surface area contributed by atoms with E-state index in [9.17, 15) is 9.59 Å². The third-order valence-corrected chi connectivity index (χ3v) is 6.79. The van der Waals surface area contributed by atoms with Gasteiger partial charge >= 0.3 is 6.03 Å². The molecule has 142 valence electrons. The fraction of sp³-hybridized carbons (Fsp3) is 0.579. The van der Waals surface area contributed by atoms with Crippen LogP contribution in [0.4, 0.5) is 10.5 Å². The number of hydrogen-bond donors (Lipinski definition) is 1. The van der Waals surface area contributed by atoms with Crippen molar-refractivity contribution in [1.82, 2.24) is 9.80 Å². The Balaban J connectivity index is 1.60. The summed E-state index contributed by atoms with van der Waals surface area (Å²) in [5.74, 6) is 0.707. The lowest BCUT2D eigenvalue weighted by molar-refractivity contribution is -0.131. The zero-order chi connectivity index (χ0) is 18.7. The lowest BCUT2D eigenvalue weighted by atomic mass is 10.0. The summed E-state index contributed by atoms with van der Waals surface area (Å²) in [6.45, 7) is 6.52. The van der Waals surface area contributed by atoms with Crippen LogP contribution in [0.25, 0.3) is 0 Å². The highest BCUT2D eigenvalue weighted by Gasteiger charge is 2.48. The molecule has 2 aliphatic rings. The molecule has 1 aromatic rings. The van der Waals surface area contributed by atoms with Crippen LogP contribution < -0.4 is 5.32 Å². The normalized spacial score (nSPS) is 19.3. The predicted molar refractivity (Wildman–Crippen MR) is 105 cm³/mol. The first-order chi connectivity index (χ1) is 12.4. The highest BCUT2D eigenvalue weighted by molar-refractivity contribution is 8.01. The van der Waals surface area contributed by atoms with Gasteiger partial charge in [-0.1, -0.05) is 17.7 Å². The van der Waals surface area contributed by atoms with Crippen LogP contribution in [0.5, 0.6) is 0 Å². The van der Waals surface area contributed by atoms with Crippen molar-refractivity contribution in [2.75, 3.05) is 44.4 Å². The third-order valence-electron chi connectivity index (χ3n) is 5.23. The highest BCUT2D eigenvalue weighted by atomic mass is 32.2. The molecule has 2 saturated heterocycles. The topological polar surface area (TPSA) is 61.9 Å². The second-order valence-corrected chi connectivity index (χ2v) is 8.35. The number of carbonyl (C=O) groups excluding carboxylic acids is 2. The smallest absolute Gasteiger partial charge is 0.321 e. The molecule has 26 heavy (non-hydrogen) atoms. The van der Waals surface area contributed by atoms with Gasteiger partial charge in [-0.05, 0) is 38.3 Å². The summed E-state index contributed by atoms with van der Waals surface area (Å²) >= 11 is 1.72. The Bertz CT molecular complexity index is 687. The van der Waals surface area contributed by atoms with Crippen LogP contribution >= 0.6 is 11.8 Å². The fourth-order valence-electron chi connectivity index (χ4n) is 3.71. The van der Waals surface area contributed by atoms with Crippen LogP contribution in [-0.4, -0.2) is 65.7 Å². The van der Waals surface area contributed by atoms with Crippen molar-refractivity contribution in [3.8, 4) is 0 Å². The van der Waals surface area contributed by atoms with E-state index in [1.54, 1.807) is 18.9 Å². The molecule has 7 heteroatoms. The minimum Gasteiger partial charge on any atom is -0.383 e. The van der Waals surface area contributed by atoms with Crippen LogP contribution in [0.3, 0.4) is 0 Å².